The van der Waals surface area contributed by atoms with E-state index in [1.54, 1.807) is 75.8 Å². The maximum Gasteiger partial charge on any atom is 0.356 e. The molecule has 0 saturated heterocycles. The van der Waals surface area contributed by atoms with Gasteiger partial charge in [0.1, 0.15) is 23.8 Å². The molecule has 282 valence electrons. The number of pyridine rings is 1. The lowest BCUT2D eigenvalue weighted by atomic mass is 9.99. The number of amides is 1. The van der Waals surface area contributed by atoms with Crippen LogP contribution in [0.25, 0.3) is 21.7 Å². The van der Waals surface area contributed by atoms with E-state index in [2.05, 4.69) is 5.32 Å². The molecule has 10 nitrogen and oxygen atoms in total. The first kappa shape index (κ1) is 38.7. The molecule has 2 N–H and O–H groups in total. The molecule has 0 aliphatic carbocycles. The molecule has 1 amide bonds. The Hall–Kier alpha value is -5.06. The van der Waals surface area contributed by atoms with E-state index in [0.717, 1.165) is 16.7 Å². The van der Waals surface area contributed by atoms with Gasteiger partial charge in [-0.25, -0.2) is 4.39 Å². The second-order valence-electron chi connectivity index (χ2n) is 13.7. The number of hydrogen-bond donors (Lipinski definition) is 2. The Kier molecular flexibility index (Phi) is 12.1. The first-order valence-corrected chi connectivity index (χ1v) is 19.6. The molecule has 0 fully saturated rings. The fourth-order valence-electron chi connectivity index (χ4n) is 6.31. The van der Waals surface area contributed by atoms with Gasteiger partial charge in [0, 0.05) is 29.7 Å². The molecule has 0 saturated carbocycles. The summed E-state index contributed by atoms with van der Waals surface area (Å²) in [5.41, 5.74) is 3.14. The molecule has 1 atom stereocenters. The fraction of sp³-hybridized carbons (Fsp3) is 0.286. The summed E-state index contributed by atoms with van der Waals surface area (Å²) in [4.78, 5) is 19.0. The molecule has 0 aliphatic rings. The highest BCUT2D eigenvalue weighted by Gasteiger charge is 2.31. The monoisotopic (exact) mass is 753 g/mol. The van der Waals surface area contributed by atoms with Gasteiger partial charge in [0.05, 0.1) is 35.8 Å². The van der Waals surface area contributed by atoms with E-state index in [-0.39, 0.29) is 48.9 Å². The molecule has 4 aromatic carbocycles. The van der Waals surface area contributed by atoms with E-state index >= 15 is 0 Å². The number of carbonyl (C=O) groups excluding carboxylic acids is 1. The van der Waals surface area contributed by atoms with Gasteiger partial charge in [0.2, 0.25) is 5.88 Å². The number of aromatic hydroxyl groups is 1. The van der Waals surface area contributed by atoms with Gasteiger partial charge >= 0.3 is 7.60 Å². The molecule has 12 heteroatoms. The molecule has 2 heterocycles. The number of rotatable bonds is 16. The SMILES string of the molecule is CC(C)OP(=O)(CO[C@H](C)CNC(=O)c1c2cccnc2c(OC(c2ccccc2)c2ccccc2)c2c(O)n(Cc3ccc(F)cc3)cc12)OC(C)C. The van der Waals surface area contributed by atoms with Gasteiger partial charge in [-0.05, 0) is 69.5 Å². The Bertz CT molecular complexity index is 2190. The minimum absolute atomic E-state index is 0.0655. The third-order valence-electron chi connectivity index (χ3n) is 8.58. The molecule has 0 bridgehead atoms. The first-order valence-electron chi connectivity index (χ1n) is 17.9. The highest BCUT2D eigenvalue weighted by molar-refractivity contribution is 7.53. The van der Waals surface area contributed by atoms with E-state index in [1.165, 1.54) is 12.1 Å². The zero-order chi connectivity index (χ0) is 38.4. The maximum absolute atomic E-state index is 14.3. The number of hydrogen-bond acceptors (Lipinski definition) is 8. The topological polar surface area (TPSA) is 121 Å². The minimum atomic E-state index is -3.56. The van der Waals surface area contributed by atoms with Gasteiger partial charge in [0.25, 0.3) is 5.91 Å². The number of ether oxygens (including phenoxy) is 2. The van der Waals surface area contributed by atoms with Crippen LogP contribution in [0.2, 0.25) is 0 Å². The molecular weight excluding hydrogens is 708 g/mol. The molecule has 2 aromatic heterocycles. The Morgan fingerprint density at radius 2 is 1.46 bits per heavy atom. The number of aromatic nitrogens is 2. The lowest BCUT2D eigenvalue weighted by molar-refractivity contribution is 0.0605. The summed E-state index contributed by atoms with van der Waals surface area (Å²) in [6, 6.07) is 29.0. The normalized spacial score (nSPS) is 12.6. The van der Waals surface area contributed by atoms with E-state index in [4.69, 9.17) is 23.5 Å². The van der Waals surface area contributed by atoms with Crippen LogP contribution >= 0.6 is 7.60 Å². The molecule has 6 rings (SSSR count). The summed E-state index contributed by atoms with van der Waals surface area (Å²) >= 11 is 0. The summed E-state index contributed by atoms with van der Waals surface area (Å²) in [5, 5.41) is 16.2. The van der Waals surface area contributed by atoms with Crippen LogP contribution in [0.15, 0.2) is 109 Å². The van der Waals surface area contributed by atoms with Crippen LogP contribution in [0.5, 0.6) is 11.6 Å². The molecule has 54 heavy (non-hydrogen) atoms. The smallest absolute Gasteiger partial charge is 0.356 e. The summed E-state index contributed by atoms with van der Waals surface area (Å²) in [6.45, 7) is 9.08. The Morgan fingerprint density at radius 1 is 0.852 bits per heavy atom. The first-order chi connectivity index (χ1) is 25.9. The van der Waals surface area contributed by atoms with Crippen LogP contribution in [-0.2, 0) is 24.9 Å². The van der Waals surface area contributed by atoms with Gasteiger partial charge in [-0.3, -0.25) is 14.3 Å². The summed E-state index contributed by atoms with van der Waals surface area (Å²) < 4.78 is 52.8. The van der Waals surface area contributed by atoms with Crippen molar-refractivity contribution >= 4 is 35.2 Å². The van der Waals surface area contributed by atoms with Crippen molar-refractivity contribution in [1.29, 1.82) is 0 Å². The summed E-state index contributed by atoms with van der Waals surface area (Å²) in [5.74, 6) is -0.662. The van der Waals surface area contributed by atoms with Crippen LogP contribution in [0, 0.1) is 5.82 Å². The van der Waals surface area contributed by atoms with E-state index in [0.29, 0.717) is 27.4 Å². The maximum atomic E-state index is 14.3. The molecule has 0 spiro atoms. The average Bonchev–Trinajstić information content (AvgIpc) is 3.47. The van der Waals surface area contributed by atoms with Gasteiger partial charge in [0.15, 0.2) is 5.75 Å². The number of nitrogens with zero attached hydrogens (tertiary/aromatic N) is 2. The van der Waals surface area contributed by atoms with E-state index < -0.39 is 25.7 Å². The van der Waals surface area contributed by atoms with E-state index in [1.807, 2.05) is 60.7 Å². The highest BCUT2D eigenvalue weighted by atomic mass is 31.2. The lowest BCUT2D eigenvalue weighted by Gasteiger charge is -2.24. The van der Waals surface area contributed by atoms with Gasteiger partial charge in [-0.1, -0.05) is 78.9 Å². The Labute approximate surface area is 314 Å². The van der Waals surface area contributed by atoms with Crippen LogP contribution in [0.1, 0.15) is 67.8 Å². The third-order valence-corrected chi connectivity index (χ3v) is 10.5. The average molecular weight is 754 g/mol. The highest BCUT2D eigenvalue weighted by Crippen LogP contribution is 2.50. The zero-order valence-electron chi connectivity index (χ0n) is 30.9. The Balaban J connectivity index is 1.41. The molecule has 0 unspecified atom stereocenters. The number of fused-ring (bicyclic) bond motifs is 2. The van der Waals surface area contributed by atoms with Crippen LogP contribution in [0.4, 0.5) is 4.39 Å². The predicted molar refractivity (Wildman–Crippen MR) is 208 cm³/mol. The van der Waals surface area contributed by atoms with Gasteiger partial charge in [-0.2, -0.15) is 0 Å². The molecule has 6 aromatic rings. The number of carbonyl (C=O) groups is 1. The van der Waals surface area contributed by atoms with Gasteiger partial charge < -0.3 is 33.5 Å². The van der Waals surface area contributed by atoms with Crippen LogP contribution < -0.4 is 10.1 Å². The number of halogens is 1. The zero-order valence-corrected chi connectivity index (χ0v) is 31.8. The molecule has 0 radical (unpaired) electrons. The van der Waals surface area contributed by atoms with Crippen molar-refractivity contribution in [2.75, 3.05) is 12.9 Å². The van der Waals surface area contributed by atoms with Crippen molar-refractivity contribution in [2.24, 2.45) is 0 Å². The second kappa shape index (κ2) is 17.0. The van der Waals surface area contributed by atoms with Crippen LogP contribution in [0.3, 0.4) is 0 Å². The Morgan fingerprint density at radius 3 is 2.06 bits per heavy atom. The lowest BCUT2D eigenvalue weighted by Crippen LogP contribution is -2.32. The summed E-state index contributed by atoms with van der Waals surface area (Å²) in [7, 11) is -3.56. The number of nitrogens with one attached hydrogen (secondary N) is 1. The number of benzene rings is 4. The third kappa shape index (κ3) is 9.00. The standard InChI is InChI=1S/C42H45FN3O7P/c1-27(2)52-54(49,53-28(3)4)26-50-29(5)23-45-41(47)36-34-17-12-22-44-38(34)40(51-39(31-13-8-6-9-14-31)32-15-10-7-11-16-32)37-35(36)25-46(42(37)48)24-30-18-20-33(43)21-19-30/h6-22,25,27-29,39,48H,23-24,26H2,1-5H3,(H,45,47)/t29-/m1/s1. The predicted octanol–water partition coefficient (Wildman–Crippen LogP) is 9.39. The van der Waals surface area contributed by atoms with Crippen molar-refractivity contribution in [3.8, 4) is 11.6 Å². The summed E-state index contributed by atoms with van der Waals surface area (Å²) in [6.07, 6.45) is 1.19. The van der Waals surface area contributed by atoms with Crippen molar-refractivity contribution in [3.05, 3.63) is 138 Å². The fourth-order valence-corrected chi connectivity index (χ4v) is 8.20. The van der Waals surface area contributed by atoms with Crippen molar-refractivity contribution in [2.45, 2.75) is 65.6 Å². The second-order valence-corrected chi connectivity index (χ2v) is 15.6. The van der Waals surface area contributed by atoms with Crippen molar-refractivity contribution < 1.29 is 37.4 Å². The molecular formula is C42H45FN3O7P. The minimum Gasteiger partial charge on any atom is -0.494 e. The molecule has 0 aliphatic heterocycles. The van der Waals surface area contributed by atoms with E-state index in [9.17, 15) is 18.9 Å². The van der Waals surface area contributed by atoms with Crippen molar-refractivity contribution in [3.63, 3.8) is 0 Å². The quantitative estimate of drug-likeness (QED) is 0.0939. The van der Waals surface area contributed by atoms with Crippen molar-refractivity contribution in [1.82, 2.24) is 14.9 Å². The van der Waals surface area contributed by atoms with Crippen LogP contribution in [-0.4, -0.2) is 51.8 Å². The van der Waals surface area contributed by atoms with Gasteiger partial charge in [-0.15, -0.1) is 0 Å². The largest absolute Gasteiger partial charge is 0.494 e.